The number of urea groups is 1. The summed E-state index contributed by atoms with van der Waals surface area (Å²) in [6.45, 7) is 5.42. The Kier molecular flexibility index (Phi) is 4.49. The topological polar surface area (TPSA) is 35.6 Å². The van der Waals surface area contributed by atoms with Crippen LogP contribution in [-0.2, 0) is 0 Å². The van der Waals surface area contributed by atoms with Crippen molar-refractivity contribution >= 4 is 6.03 Å². The number of carbonyl (C=O) groups is 1. The van der Waals surface area contributed by atoms with Crippen molar-refractivity contribution in [1.29, 1.82) is 0 Å². The number of piperidine rings is 1. The Morgan fingerprint density at radius 1 is 1.00 bits per heavy atom. The van der Waals surface area contributed by atoms with Crippen molar-refractivity contribution in [3.05, 3.63) is 0 Å². The fraction of sp³-hybridized carbons (Fsp3) is 0.938. The number of hydrogen-bond acceptors (Lipinski definition) is 2. The maximum atomic E-state index is 12.5. The Labute approximate surface area is 122 Å². The number of hydrogen-bond donors (Lipinski definition) is 1. The second kappa shape index (κ2) is 6.33. The molecule has 2 unspecified atom stereocenters. The van der Waals surface area contributed by atoms with Gasteiger partial charge in [-0.2, -0.15) is 0 Å². The Balaban J connectivity index is 1.56. The number of piperazine rings is 1. The third kappa shape index (κ3) is 3.11. The molecule has 0 aromatic heterocycles. The molecule has 4 nitrogen and oxygen atoms in total. The largest absolute Gasteiger partial charge is 0.335 e. The summed E-state index contributed by atoms with van der Waals surface area (Å²) >= 11 is 0. The molecule has 20 heavy (non-hydrogen) atoms. The van der Waals surface area contributed by atoms with E-state index in [0.29, 0.717) is 18.1 Å². The van der Waals surface area contributed by atoms with E-state index in [1.165, 1.54) is 57.9 Å². The first kappa shape index (κ1) is 14.2. The van der Waals surface area contributed by atoms with Crippen LogP contribution in [-0.4, -0.2) is 53.6 Å². The minimum atomic E-state index is 0.189. The molecule has 2 saturated heterocycles. The summed E-state index contributed by atoms with van der Waals surface area (Å²) in [5.41, 5.74) is 0. The number of nitrogens with one attached hydrogen (secondary N) is 1. The van der Waals surface area contributed by atoms with Gasteiger partial charge in [0.05, 0.1) is 0 Å². The average Bonchev–Trinajstić information content (AvgIpc) is 2.47. The van der Waals surface area contributed by atoms with Crippen LogP contribution in [0.3, 0.4) is 0 Å². The minimum Gasteiger partial charge on any atom is -0.335 e. The van der Waals surface area contributed by atoms with E-state index in [-0.39, 0.29) is 6.03 Å². The molecule has 4 heteroatoms. The van der Waals surface area contributed by atoms with E-state index in [2.05, 4.69) is 22.0 Å². The Bertz CT molecular complexity index is 341. The molecule has 0 aromatic rings. The van der Waals surface area contributed by atoms with E-state index in [9.17, 15) is 4.79 Å². The Morgan fingerprint density at radius 2 is 1.75 bits per heavy atom. The molecule has 3 aliphatic rings. The highest BCUT2D eigenvalue weighted by atomic mass is 16.2. The Morgan fingerprint density at radius 3 is 2.55 bits per heavy atom. The zero-order valence-corrected chi connectivity index (χ0v) is 12.8. The molecule has 1 aliphatic carbocycles. The van der Waals surface area contributed by atoms with Gasteiger partial charge in [0.2, 0.25) is 0 Å². The molecule has 2 aliphatic heterocycles. The van der Waals surface area contributed by atoms with Gasteiger partial charge in [0.15, 0.2) is 0 Å². The first-order valence-corrected chi connectivity index (χ1v) is 8.55. The predicted molar refractivity (Wildman–Crippen MR) is 80.8 cm³/mol. The first-order chi connectivity index (χ1) is 9.74. The van der Waals surface area contributed by atoms with Gasteiger partial charge < -0.3 is 10.2 Å². The molecule has 0 aromatic carbocycles. The number of carbonyl (C=O) groups excluding carboxylic acids is 1. The number of amides is 2. The van der Waals surface area contributed by atoms with Gasteiger partial charge >= 0.3 is 6.03 Å². The monoisotopic (exact) mass is 279 g/mol. The summed E-state index contributed by atoms with van der Waals surface area (Å²) in [5.74, 6) is 0. The second-order valence-corrected chi connectivity index (χ2v) is 6.93. The molecule has 3 rings (SSSR count). The third-order valence-corrected chi connectivity index (χ3v) is 5.38. The quantitative estimate of drug-likeness (QED) is 0.801. The van der Waals surface area contributed by atoms with Gasteiger partial charge in [-0.25, -0.2) is 4.79 Å². The molecule has 2 atom stereocenters. The number of nitrogens with zero attached hydrogens (tertiary/aromatic N) is 2. The minimum absolute atomic E-state index is 0.189. The van der Waals surface area contributed by atoms with Crippen LogP contribution in [0.5, 0.6) is 0 Å². The molecular weight excluding hydrogens is 250 g/mol. The van der Waals surface area contributed by atoms with Gasteiger partial charge in [-0.3, -0.25) is 4.90 Å². The summed E-state index contributed by atoms with van der Waals surface area (Å²) in [6.07, 6.45) is 10.1. The molecule has 2 heterocycles. The standard InChI is InChI=1S/C16H29N3O/c1-13-11-18-10-6-5-9-15(18)12-19(13)16(20)17-14-7-3-2-4-8-14/h13-15H,2-12H2,1H3,(H,17,20). The third-order valence-electron chi connectivity index (χ3n) is 5.38. The van der Waals surface area contributed by atoms with Gasteiger partial charge in [-0.15, -0.1) is 0 Å². The lowest BCUT2D eigenvalue weighted by atomic mass is 9.95. The summed E-state index contributed by atoms with van der Waals surface area (Å²) in [7, 11) is 0. The summed E-state index contributed by atoms with van der Waals surface area (Å²) < 4.78 is 0. The van der Waals surface area contributed by atoms with Crippen molar-refractivity contribution in [3.63, 3.8) is 0 Å². The molecule has 114 valence electrons. The van der Waals surface area contributed by atoms with Gasteiger partial charge in [-0.05, 0) is 39.2 Å². The van der Waals surface area contributed by atoms with Crippen molar-refractivity contribution in [2.75, 3.05) is 19.6 Å². The van der Waals surface area contributed by atoms with Gasteiger partial charge in [-0.1, -0.05) is 25.7 Å². The van der Waals surface area contributed by atoms with Crippen LogP contribution in [0.1, 0.15) is 58.3 Å². The van der Waals surface area contributed by atoms with E-state index < -0.39 is 0 Å². The van der Waals surface area contributed by atoms with E-state index >= 15 is 0 Å². The van der Waals surface area contributed by atoms with E-state index in [0.717, 1.165) is 13.1 Å². The predicted octanol–water partition coefficient (Wildman–Crippen LogP) is 2.59. The van der Waals surface area contributed by atoms with Crippen LogP contribution >= 0.6 is 0 Å². The van der Waals surface area contributed by atoms with Crippen LogP contribution in [0.2, 0.25) is 0 Å². The van der Waals surface area contributed by atoms with Gasteiger partial charge in [0.25, 0.3) is 0 Å². The highest BCUT2D eigenvalue weighted by Gasteiger charge is 2.35. The first-order valence-electron chi connectivity index (χ1n) is 8.55. The average molecular weight is 279 g/mol. The van der Waals surface area contributed by atoms with E-state index in [4.69, 9.17) is 0 Å². The van der Waals surface area contributed by atoms with Crippen molar-refractivity contribution < 1.29 is 4.79 Å². The molecule has 1 saturated carbocycles. The summed E-state index contributed by atoms with van der Waals surface area (Å²) in [5, 5.41) is 3.28. The molecular formula is C16H29N3O. The van der Waals surface area contributed by atoms with Crippen LogP contribution in [0.4, 0.5) is 4.79 Å². The highest BCUT2D eigenvalue weighted by molar-refractivity contribution is 5.75. The summed E-state index contributed by atoms with van der Waals surface area (Å²) in [6, 6.07) is 1.58. The molecule has 0 spiro atoms. The molecule has 1 N–H and O–H groups in total. The lowest BCUT2D eigenvalue weighted by Crippen LogP contribution is -2.62. The Hall–Kier alpha value is -0.770. The number of fused-ring (bicyclic) bond motifs is 1. The maximum absolute atomic E-state index is 12.5. The zero-order valence-electron chi connectivity index (χ0n) is 12.8. The maximum Gasteiger partial charge on any atom is 0.317 e. The molecule has 0 radical (unpaired) electrons. The number of rotatable bonds is 1. The zero-order chi connectivity index (χ0) is 13.9. The normalized spacial score (nSPS) is 32.8. The van der Waals surface area contributed by atoms with Crippen molar-refractivity contribution in [2.45, 2.75) is 76.4 Å². The van der Waals surface area contributed by atoms with Crippen LogP contribution in [0, 0.1) is 0 Å². The molecule has 3 fully saturated rings. The SMILES string of the molecule is CC1CN2CCCCC2CN1C(=O)NC1CCCCC1. The van der Waals surface area contributed by atoms with Crippen molar-refractivity contribution in [1.82, 2.24) is 15.1 Å². The lowest BCUT2D eigenvalue weighted by Gasteiger charge is -2.47. The van der Waals surface area contributed by atoms with Crippen molar-refractivity contribution in [3.8, 4) is 0 Å². The second-order valence-electron chi connectivity index (χ2n) is 6.93. The summed E-state index contributed by atoms with van der Waals surface area (Å²) in [4.78, 5) is 17.2. The fourth-order valence-electron chi connectivity index (χ4n) is 4.14. The smallest absolute Gasteiger partial charge is 0.317 e. The van der Waals surface area contributed by atoms with Crippen LogP contribution < -0.4 is 5.32 Å². The van der Waals surface area contributed by atoms with E-state index in [1.54, 1.807) is 0 Å². The lowest BCUT2D eigenvalue weighted by molar-refractivity contribution is 0.0336. The van der Waals surface area contributed by atoms with Crippen molar-refractivity contribution in [2.24, 2.45) is 0 Å². The van der Waals surface area contributed by atoms with Gasteiger partial charge in [0.1, 0.15) is 0 Å². The molecule has 0 bridgehead atoms. The van der Waals surface area contributed by atoms with Crippen LogP contribution in [0.25, 0.3) is 0 Å². The molecule has 2 amide bonds. The van der Waals surface area contributed by atoms with Gasteiger partial charge in [0, 0.05) is 31.2 Å². The van der Waals surface area contributed by atoms with E-state index in [1.807, 2.05) is 0 Å². The fourth-order valence-corrected chi connectivity index (χ4v) is 4.14. The highest BCUT2D eigenvalue weighted by Crippen LogP contribution is 2.24. The van der Waals surface area contributed by atoms with Crippen LogP contribution in [0.15, 0.2) is 0 Å².